The summed E-state index contributed by atoms with van der Waals surface area (Å²) in [6, 6.07) is 8.39. The molecule has 9 nitrogen and oxygen atoms in total. The molecule has 4 unspecified atom stereocenters. The zero-order chi connectivity index (χ0) is 23.3. The number of amides is 1. The van der Waals surface area contributed by atoms with Crippen LogP contribution in [0.5, 0.6) is 0 Å². The smallest absolute Gasteiger partial charge is 0.270 e. The van der Waals surface area contributed by atoms with Crippen molar-refractivity contribution in [3.8, 4) is 11.3 Å². The van der Waals surface area contributed by atoms with Crippen LogP contribution in [0.3, 0.4) is 0 Å². The Morgan fingerprint density at radius 3 is 2.82 bits per heavy atom. The molecule has 0 aliphatic carbocycles. The van der Waals surface area contributed by atoms with Crippen LogP contribution in [0.2, 0.25) is 0 Å². The molecule has 172 valence electrons. The van der Waals surface area contributed by atoms with Gasteiger partial charge in [-0.2, -0.15) is 5.01 Å². The summed E-state index contributed by atoms with van der Waals surface area (Å²) in [4.78, 5) is 23.8. The summed E-state index contributed by atoms with van der Waals surface area (Å²) in [5.74, 6) is 0.260. The second-order valence-electron chi connectivity index (χ2n) is 8.51. The maximum absolute atomic E-state index is 13.2. The second-order valence-corrected chi connectivity index (χ2v) is 8.51. The minimum Gasteiger partial charge on any atom is -0.375 e. The van der Waals surface area contributed by atoms with Crippen molar-refractivity contribution >= 4 is 11.9 Å². The minimum absolute atomic E-state index is 0.00221. The Labute approximate surface area is 190 Å². The molecule has 5 rings (SSSR count). The summed E-state index contributed by atoms with van der Waals surface area (Å²) >= 11 is 0. The SMILES string of the molecule is Cc1cnc(NN2C(C)C2O)nc1-c1cc2n(c1)CCN(Cc1cccc(C(O)F)c1)C2=O. The van der Waals surface area contributed by atoms with Crippen LogP contribution in [-0.2, 0) is 13.1 Å². The number of aryl methyl sites for hydroxylation is 1. The van der Waals surface area contributed by atoms with Crippen molar-refractivity contribution in [3.63, 3.8) is 0 Å². The van der Waals surface area contributed by atoms with E-state index in [0.717, 1.165) is 16.7 Å². The molecule has 1 amide bonds. The van der Waals surface area contributed by atoms with E-state index < -0.39 is 12.6 Å². The highest BCUT2D eigenvalue weighted by Gasteiger charge is 2.43. The standard InChI is InChI=1S/C23H25FN6O3/c1-13-10-25-23(27-30-14(2)21(30)32)26-19(13)17-9-18-22(33)29(7-6-28(18)12-17)11-15-4-3-5-16(8-15)20(24)31/h3-5,8-10,12,14,20-21,31-32H,6-7,11H2,1-2H3,(H,25,26,27). The lowest BCUT2D eigenvalue weighted by molar-refractivity contribution is 0.0410. The highest BCUT2D eigenvalue weighted by atomic mass is 19.1. The fourth-order valence-corrected chi connectivity index (χ4v) is 4.11. The molecular formula is C23H25FN6O3. The maximum atomic E-state index is 13.2. The number of nitrogens with zero attached hydrogens (tertiary/aromatic N) is 5. The highest BCUT2D eigenvalue weighted by Crippen LogP contribution is 2.29. The van der Waals surface area contributed by atoms with E-state index in [2.05, 4.69) is 15.4 Å². The topological polar surface area (TPSA) is 107 Å². The van der Waals surface area contributed by atoms with Crippen LogP contribution >= 0.6 is 0 Å². The molecule has 3 N–H and O–H groups in total. The van der Waals surface area contributed by atoms with E-state index in [1.54, 1.807) is 28.2 Å². The van der Waals surface area contributed by atoms with Crippen molar-refractivity contribution in [2.45, 2.75) is 45.6 Å². The summed E-state index contributed by atoms with van der Waals surface area (Å²) in [5, 5.41) is 20.6. The van der Waals surface area contributed by atoms with Crippen molar-refractivity contribution in [1.29, 1.82) is 0 Å². The van der Waals surface area contributed by atoms with Crippen LogP contribution in [-0.4, -0.2) is 59.4 Å². The van der Waals surface area contributed by atoms with Crippen molar-refractivity contribution in [2.75, 3.05) is 12.0 Å². The Kier molecular flexibility index (Phi) is 5.35. The molecule has 33 heavy (non-hydrogen) atoms. The highest BCUT2D eigenvalue weighted by molar-refractivity contribution is 5.95. The zero-order valence-electron chi connectivity index (χ0n) is 18.3. The van der Waals surface area contributed by atoms with E-state index in [-0.39, 0.29) is 17.5 Å². The molecule has 0 saturated carbocycles. The molecule has 0 spiro atoms. The van der Waals surface area contributed by atoms with Gasteiger partial charge in [-0.3, -0.25) is 10.2 Å². The van der Waals surface area contributed by atoms with Crippen LogP contribution in [0.25, 0.3) is 11.3 Å². The predicted molar refractivity (Wildman–Crippen MR) is 118 cm³/mol. The van der Waals surface area contributed by atoms with Gasteiger partial charge in [-0.05, 0) is 37.1 Å². The number of halogens is 1. The molecule has 2 aromatic heterocycles. The van der Waals surface area contributed by atoms with Crippen molar-refractivity contribution in [3.05, 3.63) is 65.1 Å². The zero-order valence-corrected chi connectivity index (χ0v) is 18.3. The van der Waals surface area contributed by atoms with Gasteiger partial charge in [0.05, 0.1) is 11.7 Å². The van der Waals surface area contributed by atoms with Crippen LogP contribution in [0.1, 0.15) is 40.5 Å². The number of carbonyl (C=O) groups excluding carboxylic acids is 1. The predicted octanol–water partition coefficient (Wildman–Crippen LogP) is 2.22. The number of nitrogens with one attached hydrogen (secondary N) is 1. The Hall–Kier alpha value is -3.34. The average molecular weight is 452 g/mol. The summed E-state index contributed by atoms with van der Waals surface area (Å²) in [5.41, 5.74) is 6.88. The van der Waals surface area contributed by atoms with E-state index in [4.69, 9.17) is 0 Å². The quantitative estimate of drug-likeness (QED) is 0.493. The Morgan fingerprint density at radius 1 is 1.30 bits per heavy atom. The number of hydrogen-bond acceptors (Lipinski definition) is 7. The fraction of sp³-hybridized carbons (Fsp3) is 0.348. The first-order valence-electron chi connectivity index (χ1n) is 10.8. The molecule has 2 aliphatic rings. The number of aromatic nitrogens is 3. The number of anilines is 1. The monoisotopic (exact) mass is 452 g/mol. The molecule has 4 atom stereocenters. The van der Waals surface area contributed by atoms with E-state index in [9.17, 15) is 19.4 Å². The van der Waals surface area contributed by atoms with Gasteiger partial charge in [0.1, 0.15) is 11.9 Å². The van der Waals surface area contributed by atoms with Gasteiger partial charge in [0, 0.05) is 43.2 Å². The second kappa shape index (κ2) is 8.22. The number of aliphatic hydroxyl groups excluding tert-OH is 2. The van der Waals surface area contributed by atoms with Crippen LogP contribution < -0.4 is 5.43 Å². The largest absolute Gasteiger partial charge is 0.375 e. The normalized spacial score (nSPS) is 22.8. The van der Waals surface area contributed by atoms with Gasteiger partial charge < -0.3 is 19.7 Å². The van der Waals surface area contributed by atoms with E-state index >= 15 is 0 Å². The summed E-state index contributed by atoms with van der Waals surface area (Å²) in [6.07, 6.45) is 1.03. The van der Waals surface area contributed by atoms with E-state index in [1.165, 1.54) is 6.07 Å². The number of carbonyl (C=O) groups is 1. The van der Waals surface area contributed by atoms with Gasteiger partial charge in [-0.15, -0.1) is 0 Å². The third-order valence-corrected chi connectivity index (χ3v) is 6.15. The van der Waals surface area contributed by atoms with E-state index in [0.29, 0.717) is 37.0 Å². The number of fused-ring (bicyclic) bond motifs is 1. The number of hydrogen-bond donors (Lipinski definition) is 3. The first-order valence-corrected chi connectivity index (χ1v) is 10.8. The summed E-state index contributed by atoms with van der Waals surface area (Å²) in [6.45, 7) is 5.27. The number of rotatable bonds is 6. The van der Waals surface area contributed by atoms with Crippen LogP contribution in [0, 0.1) is 6.92 Å². The number of benzene rings is 1. The molecular weight excluding hydrogens is 427 g/mol. The first-order chi connectivity index (χ1) is 15.8. The van der Waals surface area contributed by atoms with Crippen LogP contribution in [0.15, 0.2) is 42.7 Å². The number of hydrazine groups is 1. The molecule has 3 aromatic rings. The van der Waals surface area contributed by atoms with Gasteiger partial charge in [-0.25, -0.2) is 14.4 Å². The van der Waals surface area contributed by atoms with Crippen LogP contribution in [0.4, 0.5) is 10.3 Å². The molecule has 1 aromatic carbocycles. The summed E-state index contributed by atoms with van der Waals surface area (Å²) in [7, 11) is 0. The molecule has 0 radical (unpaired) electrons. The van der Waals surface area contributed by atoms with E-state index in [1.807, 2.05) is 36.7 Å². The van der Waals surface area contributed by atoms with Gasteiger partial charge in [0.25, 0.3) is 5.91 Å². The first kappa shape index (κ1) is 21.5. The Balaban J connectivity index is 1.37. The number of alkyl halides is 1. The third-order valence-electron chi connectivity index (χ3n) is 6.15. The van der Waals surface area contributed by atoms with Gasteiger partial charge in [0.15, 0.2) is 0 Å². The molecule has 4 heterocycles. The average Bonchev–Trinajstić information content (AvgIpc) is 3.17. The lowest BCUT2D eigenvalue weighted by atomic mass is 10.1. The minimum atomic E-state index is -2.04. The molecule has 0 bridgehead atoms. The fourth-order valence-electron chi connectivity index (χ4n) is 4.11. The van der Waals surface area contributed by atoms with Gasteiger partial charge in [0.2, 0.25) is 12.3 Å². The lowest BCUT2D eigenvalue weighted by Crippen LogP contribution is -2.39. The summed E-state index contributed by atoms with van der Waals surface area (Å²) < 4.78 is 15.2. The third kappa shape index (κ3) is 4.08. The van der Waals surface area contributed by atoms with Crippen molar-refractivity contribution in [1.82, 2.24) is 24.4 Å². The van der Waals surface area contributed by atoms with Crippen molar-refractivity contribution < 1.29 is 19.4 Å². The molecule has 1 fully saturated rings. The molecule has 1 saturated heterocycles. The lowest BCUT2D eigenvalue weighted by Gasteiger charge is -2.28. The molecule has 10 heteroatoms. The van der Waals surface area contributed by atoms with Gasteiger partial charge in [-0.1, -0.05) is 18.2 Å². The Bertz CT molecular complexity index is 1200. The maximum Gasteiger partial charge on any atom is 0.270 e. The molecule has 2 aliphatic heterocycles. The van der Waals surface area contributed by atoms with Gasteiger partial charge >= 0.3 is 0 Å². The van der Waals surface area contributed by atoms with Crippen molar-refractivity contribution in [2.24, 2.45) is 0 Å². The Morgan fingerprint density at radius 2 is 2.09 bits per heavy atom. The number of aliphatic hydroxyl groups is 2.